The summed E-state index contributed by atoms with van der Waals surface area (Å²) in [6.45, 7) is 1.90. The molecule has 0 aliphatic heterocycles. The van der Waals surface area contributed by atoms with Gasteiger partial charge in [0, 0.05) is 24.5 Å². The van der Waals surface area contributed by atoms with E-state index >= 15 is 0 Å². The second kappa shape index (κ2) is 7.65. The van der Waals surface area contributed by atoms with Gasteiger partial charge >= 0.3 is 0 Å². The van der Waals surface area contributed by atoms with Crippen LogP contribution in [0.4, 0.5) is 5.69 Å². The highest BCUT2D eigenvalue weighted by molar-refractivity contribution is 6.04. The molecule has 1 unspecified atom stereocenters. The minimum absolute atomic E-state index is 0.171. The van der Waals surface area contributed by atoms with Gasteiger partial charge in [0.15, 0.2) is 0 Å². The Morgan fingerprint density at radius 3 is 2.46 bits per heavy atom. The first-order valence-corrected chi connectivity index (χ1v) is 8.29. The highest BCUT2D eigenvalue weighted by Gasteiger charge is 2.14. The number of benzene rings is 2. The van der Waals surface area contributed by atoms with E-state index in [1.165, 1.54) is 6.20 Å². The number of anilines is 1. The Balaban J connectivity index is 1.68. The van der Waals surface area contributed by atoms with Gasteiger partial charge in [0.25, 0.3) is 11.8 Å². The molecule has 1 aromatic heterocycles. The van der Waals surface area contributed by atoms with E-state index in [2.05, 4.69) is 15.7 Å². The first kappa shape index (κ1) is 17.4. The SMILES string of the molecule is CC(NC(=O)c1cnn(C)c1)c1cccc(NC(=O)c2ccccc2)c1. The molecule has 132 valence electrons. The Kier molecular flexibility index (Phi) is 5.12. The summed E-state index contributed by atoms with van der Waals surface area (Å²) in [5.74, 6) is -0.362. The number of carbonyl (C=O) groups is 2. The highest BCUT2D eigenvalue weighted by Crippen LogP contribution is 2.18. The Hall–Kier alpha value is -3.41. The topological polar surface area (TPSA) is 76.0 Å². The van der Waals surface area contributed by atoms with Gasteiger partial charge in [0.2, 0.25) is 0 Å². The van der Waals surface area contributed by atoms with E-state index in [0.717, 1.165) is 5.56 Å². The molecule has 0 spiro atoms. The molecule has 0 bridgehead atoms. The van der Waals surface area contributed by atoms with Crippen LogP contribution in [0.25, 0.3) is 0 Å². The van der Waals surface area contributed by atoms with Crippen molar-refractivity contribution in [2.24, 2.45) is 7.05 Å². The van der Waals surface area contributed by atoms with E-state index in [9.17, 15) is 9.59 Å². The number of nitrogens with zero attached hydrogens (tertiary/aromatic N) is 2. The first-order chi connectivity index (χ1) is 12.5. The molecular formula is C20H20N4O2. The molecule has 0 saturated carbocycles. The van der Waals surface area contributed by atoms with Crippen LogP contribution in [-0.2, 0) is 7.05 Å². The summed E-state index contributed by atoms with van der Waals surface area (Å²) in [5.41, 5.74) is 2.68. The predicted octanol–water partition coefficient (Wildman–Crippen LogP) is 3.16. The Bertz CT molecular complexity index is 918. The molecule has 0 aliphatic carbocycles. The molecule has 0 radical (unpaired) electrons. The summed E-state index contributed by atoms with van der Waals surface area (Å²) < 4.78 is 1.58. The van der Waals surface area contributed by atoms with Crippen LogP contribution in [0, 0.1) is 0 Å². The second-order valence-corrected chi connectivity index (χ2v) is 6.04. The number of aromatic nitrogens is 2. The maximum Gasteiger partial charge on any atom is 0.255 e. The van der Waals surface area contributed by atoms with Crippen molar-refractivity contribution in [2.75, 3.05) is 5.32 Å². The Morgan fingerprint density at radius 1 is 1.00 bits per heavy atom. The summed E-state index contributed by atoms with van der Waals surface area (Å²) in [7, 11) is 1.76. The van der Waals surface area contributed by atoms with Crippen LogP contribution >= 0.6 is 0 Å². The molecular weight excluding hydrogens is 328 g/mol. The molecule has 26 heavy (non-hydrogen) atoms. The third kappa shape index (κ3) is 4.16. The van der Waals surface area contributed by atoms with Crippen molar-refractivity contribution in [2.45, 2.75) is 13.0 Å². The number of amides is 2. The van der Waals surface area contributed by atoms with Crippen molar-refractivity contribution in [3.05, 3.63) is 83.7 Å². The Morgan fingerprint density at radius 2 is 1.77 bits per heavy atom. The quantitative estimate of drug-likeness (QED) is 0.744. The van der Waals surface area contributed by atoms with Crippen LogP contribution in [0.3, 0.4) is 0 Å². The Labute approximate surface area is 151 Å². The average Bonchev–Trinajstić information content (AvgIpc) is 3.09. The van der Waals surface area contributed by atoms with E-state index in [4.69, 9.17) is 0 Å². The molecule has 0 saturated heterocycles. The van der Waals surface area contributed by atoms with Gasteiger partial charge in [-0.3, -0.25) is 14.3 Å². The van der Waals surface area contributed by atoms with Crippen molar-refractivity contribution in [3.63, 3.8) is 0 Å². The third-order valence-corrected chi connectivity index (χ3v) is 4.00. The van der Waals surface area contributed by atoms with Crippen LogP contribution in [0.1, 0.15) is 39.2 Å². The number of hydrogen-bond donors (Lipinski definition) is 2. The van der Waals surface area contributed by atoms with Gasteiger partial charge in [-0.25, -0.2) is 0 Å². The molecule has 2 amide bonds. The molecule has 6 heteroatoms. The maximum atomic E-state index is 12.3. The average molecular weight is 348 g/mol. The van der Waals surface area contributed by atoms with Crippen molar-refractivity contribution >= 4 is 17.5 Å². The van der Waals surface area contributed by atoms with Crippen molar-refractivity contribution in [1.29, 1.82) is 0 Å². The van der Waals surface area contributed by atoms with Gasteiger partial charge in [-0.2, -0.15) is 5.10 Å². The van der Waals surface area contributed by atoms with Crippen LogP contribution in [0.15, 0.2) is 67.0 Å². The third-order valence-electron chi connectivity index (χ3n) is 4.00. The van der Waals surface area contributed by atoms with E-state index in [0.29, 0.717) is 16.8 Å². The van der Waals surface area contributed by atoms with Crippen LogP contribution in [0.5, 0.6) is 0 Å². The number of carbonyl (C=O) groups excluding carboxylic acids is 2. The molecule has 2 N–H and O–H groups in total. The first-order valence-electron chi connectivity index (χ1n) is 8.29. The van der Waals surface area contributed by atoms with Gasteiger partial charge < -0.3 is 10.6 Å². The van der Waals surface area contributed by atoms with Crippen molar-refractivity contribution in [1.82, 2.24) is 15.1 Å². The zero-order valence-corrected chi connectivity index (χ0v) is 14.6. The lowest BCUT2D eigenvalue weighted by molar-refractivity contribution is 0.0939. The lowest BCUT2D eigenvalue weighted by atomic mass is 10.1. The molecule has 3 aromatic rings. The second-order valence-electron chi connectivity index (χ2n) is 6.04. The number of rotatable bonds is 5. The summed E-state index contributed by atoms with van der Waals surface area (Å²) in [6.07, 6.45) is 3.19. The fourth-order valence-electron chi connectivity index (χ4n) is 2.58. The zero-order chi connectivity index (χ0) is 18.5. The lowest BCUT2D eigenvalue weighted by Gasteiger charge is -2.15. The van der Waals surface area contributed by atoms with E-state index in [1.807, 2.05) is 49.4 Å². The summed E-state index contributed by atoms with van der Waals surface area (Å²) >= 11 is 0. The van der Waals surface area contributed by atoms with Gasteiger partial charge in [0.1, 0.15) is 0 Å². The normalized spacial score (nSPS) is 11.6. The molecule has 1 atom stereocenters. The molecule has 0 fully saturated rings. The fourth-order valence-corrected chi connectivity index (χ4v) is 2.58. The largest absolute Gasteiger partial charge is 0.345 e. The fraction of sp³-hybridized carbons (Fsp3) is 0.150. The van der Waals surface area contributed by atoms with Crippen LogP contribution in [-0.4, -0.2) is 21.6 Å². The minimum atomic E-state index is -0.212. The predicted molar refractivity (Wildman–Crippen MR) is 99.9 cm³/mol. The molecule has 0 aliphatic rings. The van der Waals surface area contributed by atoms with Gasteiger partial charge in [-0.15, -0.1) is 0 Å². The molecule has 3 rings (SSSR count). The van der Waals surface area contributed by atoms with Gasteiger partial charge in [-0.1, -0.05) is 30.3 Å². The molecule has 2 aromatic carbocycles. The summed E-state index contributed by atoms with van der Waals surface area (Å²) in [4.78, 5) is 24.5. The standard InChI is InChI=1S/C20H20N4O2/c1-14(22-20(26)17-12-21-24(2)13-17)16-9-6-10-18(11-16)23-19(25)15-7-4-3-5-8-15/h3-14H,1-2H3,(H,22,26)(H,23,25). The van der Waals surface area contributed by atoms with E-state index in [1.54, 1.807) is 30.1 Å². The minimum Gasteiger partial charge on any atom is -0.345 e. The van der Waals surface area contributed by atoms with Crippen LogP contribution in [0.2, 0.25) is 0 Å². The number of hydrogen-bond acceptors (Lipinski definition) is 3. The smallest absolute Gasteiger partial charge is 0.255 e. The summed E-state index contributed by atoms with van der Waals surface area (Å²) in [6, 6.07) is 16.2. The van der Waals surface area contributed by atoms with Gasteiger partial charge in [-0.05, 0) is 36.8 Å². The van der Waals surface area contributed by atoms with Gasteiger partial charge in [0.05, 0.1) is 17.8 Å². The molecule has 1 heterocycles. The van der Waals surface area contributed by atoms with Crippen LogP contribution < -0.4 is 10.6 Å². The van der Waals surface area contributed by atoms with Crippen molar-refractivity contribution < 1.29 is 9.59 Å². The lowest BCUT2D eigenvalue weighted by Crippen LogP contribution is -2.26. The monoisotopic (exact) mass is 348 g/mol. The maximum absolute atomic E-state index is 12.3. The van der Waals surface area contributed by atoms with E-state index in [-0.39, 0.29) is 17.9 Å². The number of nitrogens with one attached hydrogen (secondary N) is 2. The zero-order valence-electron chi connectivity index (χ0n) is 14.6. The van der Waals surface area contributed by atoms with Crippen molar-refractivity contribution in [3.8, 4) is 0 Å². The van der Waals surface area contributed by atoms with E-state index < -0.39 is 0 Å². The molecule has 6 nitrogen and oxygen atoms in total. The number of aryl methyl sites for hydroxylation is 1. The summed E-state index contributed by atoms with van der Waals surface area (Å²) in [5, 5.41) is 9.81. The highest BCUT2D eigenvalue weighted by atomic mass is 16.2.